The summed E-state index contributed by atoms with van der Waals surface area (Å²) in [5.74, 6) is -1.82. The molecule has 0 spiro atoms. The van der Waals surface area contributed by atoms with Gasteiger partial charge >= 0.3 is 5.97 Å². The predicted octanol–water partition coefficient (Wildman–Crippen LogP) is 2.46. The molecule has 210 valence electrons. The SMILES string of the molecule is O=C(CSc1nc2ccccc2[nH]1)N[C@@H]1C(=O)N2C(C(=O)O)=C(/C=C3\CCN(Cc4ccc(O)cc4)C3=O)CS[C@H]12. The first-order chi connectivity index (χ1) is 19.8. The first-order valence-corrected chi connectivity index (χ1v) is 14.9. The van der Waals surface area contributed by atoms with E-state index < -0.39 is 23.3 Å². The van der Waals surface area contributed by atoms with Crippen LogP contribution in [0.25, 0.3) is 11.0 Å². The first kappa shape index (κ1) is 27.0. The zero-order valence-electron chi connectivity index (χ0n) is 21.6. The molecular weight excluding hydrogens is 566 g/mol. The average Bonchev–Trinajstić information content (AvgIpc) is 3.54. The number of carboxylic acids is 1. The fourth-order valence-electron chi connectivity index (χ4n) is 5.08. The first-order valence-electron chi connectivity index (χ1n) is 12.8. The molecule has 0 radical (unpaired) electrons. The number of hydrogen-bond acceptors (Lipinski definition) is 8. The van der Waals surface area contributed by atoms with Crippen LogP contribution in [0.15, 0.2) is 76.6 Å². The molecule has 3 aliphatic rings. The second-order valence-electron chi connectivity index (χ2n) is 9.79. The number of allylic oxidation sites excluding steroid dienone is 1. The number of hydrogen-bond donors (Lipinski definition) is 4. The zero-order chi connectivity index (χ0) is 28.7. The molecule has 2 aromatic carbocycles. The predicted molar refractivity (Wildman–Crippen MR) is 153 cm³/mol. The number of H-pyrrole nitrogens is 1. The third-order valence-corrected chi connectivity index (χ3v) is 9.27. The van der Waals surface area contributed by atoms with Gasteiger partial charge in [-0.15, -0.1) is 11.8 Å². The fraction of sp³-hybridized carbons (Fsp3) is 0.250. The van der Waals surface area contributed by atoms with Gasteiger partial charge in [0.2, 0.25) is 11.8 Å². The number of amides is 3. The lowest BCUT2D eigenvalue weighted by Gasteiger charge is -2.49. The van der Waals surface area contributed by atoms with Crippen molar-refractivity contribution < 1.29 is 29.4 Å². The summed E-state index contributed by atoms with van der Waals surface area (Å²) in [7, 11) is 0. The molecule has 4 heterocycles. The number of rotatable bonds is 8. The van der Waals surface area contributed by atoms with Crippen LogP contribution in [0.5, 0.6) is 5.75 Å². The lowest BCUT2D eigenvalue weighted by molar-refractivity contribution is -0.150. The van der Waals surface area contributed by atoms with E-state index in [4.69, 9.17) is 0 Å². The summed E-state index contributed by atoms with van der Waals surface area (Å²) in [4.78, 5) is 61.4. The lowest BCUT2D eigenvalue weighted by Crippen LogP contribution is -2.70. The molecule has 11 nitrogen and oxygen atoms in total. The molecule has 13 heteroatoms. The number of nitrogens with one attached hydrogen (secondary N) is 2. The summed E-state index contributed by atoms with van der Waals surface area (Å²) in [6, 6.07) is 13.3. The van der Waals surface area contributed by atoms with Crippen molar-refractivity contribution in [1.29, 1.82) is 0 Å². The zero-order valence-corrected chi connectivity index (χ0v) is 23.2. The number of aliphatic carboxylic acids is 1. The number of phenolic OH excluding ortho intramolecular Hbond substituents is 1. The number of aromatic amines is 1. The number of aromatic nitrogens is 2. The minimum atomic E-state index is -1.26. The van der Waals surface area contributed by atoms with Gasteiger partial charge < -0.3 is 25.4 Å². The number of carboxylic acid groups (broad SMARTS) is 1. The van der Waals surface area contributed by atoms with Crippen LogP contribution in [-0.2, 0) is 25.7 Å². The van der Waals surface area contributed by atoms with Gasteiger partial charge in [-0.3, -0.25) is 19.3 Å². The Bertz CT molecular complexity index is 1600. The van der Waals surface area contributed by atoms with Crippen molar-refractivity contribution in [2.45, 2.75) is 29.5 Å². The third-order valence-electron chi connectivity index (χ3n) is 7.10. The number of nitrogens with zero attached hydrogens (tertiary/aromatic N) is 3. The van der Waals surface area contributed by atoms with E-state index in [9.17, 15) is 29.4 Å². The molecular formula is C28H25N5O6S2. The Balaban J connectivity index is 1.10. The van der Waals surface area contributed by atoms with Gasteiger partial charge in [-0.05, 0) is 47.9 Å². The lowest BCUT2D eigenvalue weighted by atomic mass is 10.0. The maximum absolute atomic E-state index is 13.0. The molecule has 2 saturated heterocycles. The molecule has 0 unspecified atom stereocenters. The van der Waals surface area contributed by atoms with Gasteiger partial charge in [0, 0.05) is 24.4 Å². The Morgan fingerprint density at radius 3 is 2.71 bits per heavy atom. The summed E-state index contributed by atoms with van der Waals surface area (Å²) in [6.45, 7) is 0.860. The van der Waals surface area contributed by atoms with E-state index >= 15 is 0 Å². The summed E-state index contributed by atoms with van der Waals surface area (Å²) in [6.07, 6.45) is 2.05. The van der Waals surface area contributed by atoms with E-state index in [2.05, 4.69) is 15.3 Å². The molecule has 4 N–H and O–H groups in total. The summed E-state index contributed by atoms with van der Waals surface area (Å²) >= 11 is 2.57. The van der Waals surface area contributed by atoms with Crippen molar-refractivity contribution in [2.75, 3.05) is 18.1 Å². The molecule has 0 aliphatic carbocycles. The quantitative estimate of drug-likeness (QED) is 0.176. The highest BCUT2D eigenvalue weighted by Crippen LogP contribution is 2.41. The topological polar surface area (TPSA) is 156 Å². The smallest absolute Gasteiger partial charge is 0.352 e. The van der Waals surface area contributed by atoms with Crippen molar-refractivity contribution in [2.24, 2.45) is 0 Å². The van der Waals surface area contributed by atoms with Crippen molar-refractivity contribution in [3.8, 4) is 5.75 Å². The molecule has 0 saturated carbocycles. The highest BCUT2D eigenvalue weighted by atomic mass is 32.2. The molecule has 3 aromatic rings. The van der Waals surface area contributed by atoms with Crippen LogP contribution in [0, 0.1) is 0 Å². The molecule has 2 fully saturated rings. The number of phenols is 1. The second-order valence-corrected chi connectivity index (χ2v) is 11.9. The molecule has 41 heavy (non-hydrogen) atoms. The normalized spacial score (nSPS) is 21.4. The molecule has 2 atom stereocenters. The second kappa shape index (κ2) is 11.0. The Kier molecular flexibility index (Phi) is 7.22. The minimum Gasteiger partial charge on any atom is -0.508 e. The van der Waals surface area contributed by atoms with Gasteiger partial charge in [-0.25, -0.2) is 9.78 Å². The summed E-state index contributed by atoms with van der Waals surface area (Å²) in [5, 5.41) is 22.3. The van der Waals surface area contributed by atoms with E-state index in [1.807, 2.05) is 24.3 Å². The maximum atomic E-state index is 13.0. The van der Waals surface area contributed by atoms with Crippen molar-refractivity contribution in [3.05, 3.63) is 77.0 Å². The Morgan fingerprint density at radius 2 is 1.95 bits per heavy atom. The van der Waals surface area contributed by atoms with Gasteiger partial charge in [0.1, 0.15) is 22.9 Å². The number of aromatic hydroxyl groups is 1. The van der Waals surface area contributed by atoms with E-state index in [0.717, 1.165) is 16.6 Å². The molecule has 3 amide bonds. The highest BCUT2D eigenvalue weighted by molar-refractivity contribution is 8.00. The Hall–Kier alpha value is -4.23. The van der Waals surface area contributed by atoms with Crippen LogP contribution in [0.1, 0.15) is 12.0 Å². The molecule has 1 aromatic heterocycles. The number of para-hydroxylation sites is 2. The van der Waals surface area contributed by atoms with Crippen LogP contribution in [0.3, 0.4) is 0 Å². The number of imidazole rings is 1. The number of likely N-dealkylation sites (tertiary alicyclic amines) is 1. The average molecular weight is 592 g/mol. The van der Waals surface area contributed by atoms with Gasteiger partial charge in [-0.2, -0.15) is 0 Å². The molecule has 6 rings (SSSR count). The fourth-order valence-corrected chi connectivity index (χ4v) is 7.09. The number of benzene rings is 2. The number of β-lactam (4-membered cyclic amide) rings is 1. The van der Waals surface area contributed by atoms with E-state index in [1.54, 1.807) is 35.2 Å². The van der Waals surface area contributed by atoms with E-state index in [1.165, 1.54) is 28.4 Å². The van der Waals surface area contributed by atoms with Gasteiger partial charge in [0.05, 0.1) is 16.8 Å². The highest BCUT2D eigenvalue weighted by Gasteiger charge is 2.54. The number of carbonyl (C=O) groups is 4. The Morgan fingerprint density at radius 1 is 1.17 bits per heavy atom. The van der Waals surface area contributed by atoms with Crippen LogP contribution in [0.4, 0.5) is 0 Å². The number of carbonyl (C=O) groups excluding carboxylic acids is 3. The standard InChI is InChI=1S/C28H25N5O6S2/c34-18-7-5-15(6-8-18)12-32-10-9-16(24(32)36)11-17-13-40-26-22(25(37)33(26)23(17)27(38)39)31-21(35)14-41-28-29-19-3-1-2-4-20(19)30-28/h1-8,11,22,26,34H,9-10,12-14H2,(H,29,30)(H,31,35)(H,38,39)/b16-11+/t22-,26-/m1/s1. The van der Waals surface area contributed by atoms with E-state index in [0.29, 0.717) is 35.8 Å². The monoisotopic (exact) mass is 591 g/mol. The number of thioether (sulfide) groups is 2. The summed E-state index contributed by atoms with van der Waals surface area (Å²) in [5.41, 5.74) is 3.25. The van der Waals surface area contributed by atoms with Gasteiger partial charge in [-0.1, -0.05) is 36.0 Å². The van der Waals surface area contributed by atoms with Crippen molar-refractivity contribution in [3.63, 3.8) is 0 Å². The van der Waals surface area contributed by atoms with Crippen molar-refractivity contribution >= 4 is 58.2 Å². The third kappa shape index (κ3) is 5.30. The maximum Gasteiger partial charge on any atom is 0.352 e. The largest absolute Gasteiger partial charge is 0.508 e. The van der Waals surface area contributed by atoms with Gasteiger partial charge in [0.15, 0.2) is 5.16 Å². The summed E-state index contributed by atoms with van der Waals surface area (Å²) < 4.78 is 0. The van der Waals surface area contributed by atoms with E-state index in [-0.39, 0.29) is 34.8 Å². The van der Waals surface area contributed by atoms with Gasteiger partial charge in [0.25, 0.3) is 5.91 Å². The van der Waals surface area contributed by atoms with Crippen molar-refractivity contribution in [1.82, 2.24) is 25.1 Å². The Labute approximate surface area is 242 Å². The van der Waals surface area contributed by atoms with Crippen LogP contribution in [-0.4, -0.2) is 83.1 Å². The molecule has 0 bridgehead atoms. The minimum absolute atomic E-state index is 0.0444. The van der Waals surface area contributed by atoms with Crippen LogP contribution < -0.4 is 5.32 Å². The molecule has 3 aliphatic heterocycles. The van der Waals surface area contributed by atoms with Crippen LogP contribution in [0.2, 0.25) is 0 Å². The van der Waals surface area contributed by atoms with Crippen LogP contribution >= 0.6 is 23.5 Å². The number of fused-ring (bicyclic) bond motifs is 2.